The van der Waals surface area contributed by atoms with Gasteiger partial charge in [-0.15, -0.1) is 0 Å². The zero-order chi connectivity index (χ0) is 13.8. The van der Waals surface area contributed by atoms with E-state index in [1.54, 1.807) is 0 Å². The molecule has 0 amide bonds. The molecule has 0 bridgehead atoms. The number of anilines is 1. The van der Waals surface area contributed by atoms with Gasteiger partial charge in [0.15, 0.2) is 0 Å². The SMILES string of the molecule is CN(C)CCCNS(=O)(=O)c1ccc(N)c(Cl)c1. The molecular weight excluding hydrogens is 274 g/mol. The van der Waals surface area contributed by atoms with Crippen molar-refractivity contribution in [1.29, 1.82) is 0 Å². The average molecular weight is 292 g/mol. The molecule has 1 aromatic carbocycles. The fraction of sp³-hybridized carbons (Fsp3) is 0.455. The maximum Gasteiger partial charge on any atom is 0.240 e. The minimum absolute atomic E-state index is 0.131. The Morgan fingerprint density at radius 1 is 1.39 bits per heavy atom. The molecule has 7 heteroatoms. The summed E-state index contributed by atoms with van der Waals surface area (Å²) in [5.41, 5.74) is 5.90. The molecule has 0 unspecified atom stereocenters. The maximum atomic E-state index is 11.9. The third kappa shape index (κ3) is 4.45. The first-order chi connectivity index (χ1) is 8.33. The van der Waals surface area contributed by atoms with Crippen molar-refractivity contribution in [1.82, 2.24) is 9.62 Å². The molecule has 18 heavy (non-hydrogen) atoms. The van der Waals surface area contributed by atoms with Gasteiger partial charge in [-0.2, -0.15) is 0 Å². The van der Waals surface area contributed by atoms with Crippen molar-refractivity contribution in [2.45, 2.75) is 11.3 Å². The largest absolute Gasteiger partial charge is 0.398 e. The highest BCUT2D eigenvalue weighted by Crippen LogP contribution is 2.22. The summed E-state index contributed by atoms with van der Waals surface area (Å²) in [6.07, 6.45) is 0.745. The van der Waals surface area contributed by atoms with E-state index in [0.717, 1.165) is 13.0 Å². The van der Waals surface area contributed by atoms with Crippen LogP contribution in [0.5, 0.6) is 0 Å². The lowest BCUT2D eigenvalue weighted by Gasteiger charge is -2.10. The van der Waals surface area contributed by atoms with E-state index >= 15 is 0 Å². The fourth-order valence-electron chi connectivity index (χ4n) is 1.36. The second-order valence-corrected chi connectivity index (χ2v) is 6.41. The van der Waals surface area contributed by atoms with E-state index < -0.39 is 10.0 Å². The number of nitrogens with two attached hydrogens (primary N) is 1. The summed E-state index contributed by atoms with van der Waals surface area (Å²) in [5.74, 6) is 0. The van der Waals surface area contributed by atoms with Crippen molar-refractivity contribution in [3.05, 3.63) is 23.2 Å². The van der Waals surface area contributed by atoms with Crippen LogP contribution >= 0.6 is 11.6 Å². The summed E-state index contributed by atoms with van der Waals surface area (Å²) in [4.78, 5) is 2.13. The zero-order valence-corrected chi connectivity index (χ0v) is 12.1. The molecule has 0 aliphatic carbocycles. The molecule has 0 saturated heterocycles. The number of nitrogens with one attached hydrogen (secondary N) is 1. The monoisotopic (exact) mass is 291 g/mol. The van der Waals surface area contributed by atoms with Gasteiger partial charge < -0.3 is 10.6 Å². The van der Waals surface area contributed by atoms with Crippen molar-refractivity contribution in [2.75, 3.05) is 32.9 Å². The van der Waals surface area contributed by atoms with Crippen LogP contribution < -0.4 is 10.5 Å². The standard InChI is InChI=1S/C11H18ClN3O2S/c1-15(2)7-3-6-14-18(16,17)9-4-5-11(13)10(12)8-9/h4-5,8,14H,3,6-7,13H2,1-2H3. The molecule has 0 saturated carbocycles. The van der Waals surface area contributed by atoms with Gasteiger partial charge in [0, 0.05) is 6.54 Å². The number of hydrogen-bond donors (Lipinski definition) is 2. The Morgan fingerprint density at radius 2 is 2.06 bits per heavy atom. The third-order valence-electron chi connectivity index (χ3n) is 2.36. The number of nitrogen functional groups attached to an aromatic ring is 1. The van der Waals surface area contributed by atoms with Crippen molar-refractivity contribution in [2.24, 2.45) is 0 Å². The van der Waals surface area contributed by atoms with Gasteiger partial charge in [0.05, 0.1) is 15.6 Å². The Kier molecular flexibility index (Phi) is 5.40. The number of sulfonamides is 1. The predicted octanol–water partition coefficient (Wildman–Crippen LogP) is 1.15. The molecule has 0 spiro atoms. The highest BCUT2D eigenvalue weighted by atomic mass is 35.5. The van der Waals surface area contributed by atoms with Gasteiger partial charge in [0.2, 0.25) is 10.0 Å². The minimum atomic E-state index is -3.51. The van der Waals surface area contributed by atoms with Crippen molar-refractivity contribution < 1.29 is 8.42 Å². The first kappa shape index (κ1) is 15.2. The molecule has 3 N–H and O–H groups in total. The third-order valence-corrected chi connectivity index (χ3v) is 4.14. The van der Waals surface area contributed by atoms with Gasteiger partial charge in [-0.25, -0.2) is 13.1 Å². The Labute approximate surface area is 113 Å². The van der Waals surface area contributed by atoms with Crippen molar-refractivity contribution >= 4 is 27.3 Å². The van der Waals surface area contributed by atoms with E-state index in [1.165, 1.54) is 18.2 Å². The van der Waals surface area contributed by atoms with Crippen LogP contribution in [0.25, 0.3) is 0 Å². The van der Waals surface area contributed by atoms with Gasteiger partial charge in [-0.1, -0.05) is 11.6 Å². The predicted molar refractivity (Wildman–Crippen MR) is 74.2 cm³/mol. The van der Waals surface area contributed by atoms with Gasteiger partial charge in [-0.05, 0) is 45.3 Å². The Hall–Kier alpha value is -0.820. The van der Waals surface area contributed by atoms with Gasteiger partial charge in [0.1, 0.15) is 0 Å². The van der Waals surface area contributed by atoms with Gasteiger partial charge in [-0.3, -0.25) is 0 Å². The molecule has 102 valence electrons. The summed E-state index contributed by atoms with van der Waals surface area (Å²) in [6, 6.07) is 4.28. The Balaban J connectivity index is 2.66. The molecule has 1 aromatic rings. The minimum Gasteiger partial charge on any atom is -0.398 e. The van der Waals surface area contributed by atoms with E-state index in [4.69, 9.17) is 17.3 Å². The summed E-state index contributed by atoms with van der Waals surface area (Å²) in [6.45, 7) is 1.22. The molecule has 0 aromatic heterocycles. The first-order valence-electron chi connectivity index (χ1n) is 5.52. The summed E-state index contributed by atoms with van der Waals surface area (Å²) < 4.78 is 26.4. The molecule has 0 fully saturated rings. The normalized spacial score (nSPS) is 12.0. The van der Waals surface area contributed by atoms with Crippen molar-refractivity contribution in [3.63, 3.8) is 0 Å². The topological polar surface area (TPSA) is 75.4 Å². The molecule has 0 aliphatic heterocycles. The van der Waals surface area contributed by atoms with Crippen LogP contribution in [0.15, 0.2) is 23.1 Å². The van der Waals surface area contributed by atoms with E-state index in [0.29, 0.717) is 12.2 Å². The van der Waals surface area contributed by atoms with E-state index in [9.17, 15) is 8.42 Å². The fourth-order valence-corrected chi connectivity index (χ4v) is 2.71. The molecule has 5 nitrogen and oxygen atoms in total. The van der Waals surface area contributed by atoms with Crippen LogP contribution in [-0.2, 0) is 10.0 Å². The van der Waals surface area contributed by atoms with Crippen LogP contribution in [-0.4, -0.2) is 40.5 Å². The van der Waals surface area contributed by atoms with Crippen LogP contribution in [0.2, 0.25) is 5.02 Å². The molecule has 0 atom stereocenters. The quantitative estimate of drug-likeness (QED) is 0.609. The maximum absolute atomic E-state index is 11.9. The summed E-state index contributed by atoms with van der Waals surface area (Å²) in [7, 11) is 0.371. The highest BCUT2D eigenvalue weighted by molar-refractivity contribution is 7.89. The number of hydrogen-bond acceptors (Lipinski definition) is 4. The summed E-state index contributed by atoms with van der Waals surface area (Å²) in [5, 5.41) is 0.242. The van der Waals surface area contributed by atoms with Crippen LogP contribution in [0.1, 0.15) is 6.42 Å². The number of benzene rings is 1. The van der Waals surface area contributed by atoms with Crippen molar-refractivity contribution in [3.8, 4) is 0 Å². The zero-order valence-electron chi connectivity index (χ0n) is 10.5. The molecule has 0 radical (unpaired) electrons. The second kappa shape index (κ2) is 6.38. The number of nitrogens with zero attached hydrogens (tertiary/aromatic N) is 1. The smallest absolute Gasteiger partial charge is 0.240 e. The summed E-state index contributed by atoms with van der Waals surface area (Å²) >= 11 is 5.80. The lowest BCUT2D eigenvalue weighted by atomic mass is 10.3. The van der Waals surface area contributed by atoms with Gasteiger partial charge in [0.25, 0.3) is 0 Å². The molecule has 1 rings (SSSR count). The van der Waals surface area contributed by atoms with E-state index in [2.05, 4.69) is 4.72 Å². The average Bonchev–Trinajstić information content (AvgIpc) is 2.28. The second-order valence-electron chi connectivity index (χ2n) is 4.24. The van der Waals surface area contributed by atoms with E-state index in [-0.39, 0.29) is 9.92 Å². The molecule has 0 aliphatic rings. The van der Waals surface area contributed by atoms with E-state index in [1.807, 2.05) is 19.0 Å². The number of rotatable bonds is 6. The van der Waals surface area contributed by atoms with Crippen LogP contribution in [0.4, 0.5) is 5.69 Å². The first-order valence-corrected chi connectivity index (χ1v) is 7.38. The Morgan fingerprint density at radius 3 is 2.61 bits per heavy atom. The lowest BCUT2D eigenvalue weighted by molar-refractivity contribution is 0.400. The molecular formula is C11H18ClN3O2S. The lowest BCUT2D eigenvalue weighted by Crippen LogP contribution is -2.27. The van der Waals surface area contributed by atoms with Crippen LogP contribution in [0.3, 0.4) is 0 Å². The number of halogens is 1. The highest BCUT2D eigenvalue weighted by Gasteiger charge is 2.14. The van der Waals surface area contributed by atoms with Gasteiger partial charge >= 0.3 is 0 Å². The molecule has 0 heterocycles. The van der Waals surface area contributed by atoms with Crippen LogP contribution in [0, 0.1) is 0 Å². The Bertz CT molecular complexity index is 503.